The molecule has 0 aromatic heterocycles. The van der Waals surface area contributed by atoms with Crippen LogP contribution in [0.5, 0.6) is 5.75 Å². The third-order valence-corrected chi connectivity index (χ3v) is 4.17. The normalized spacial score (nSPS) is 11.5. The van der Waals surface area contributed by atoms with Crippen LogP contribution in [0.15, 0.2) is 41.9 Å². The maximum absolute atomic E-state index is 5.70. The summed E-state index contributed by atoms with van der Waals surface area (Å²) in [7, 11) is 0. The molecule has 0 bridgehead atoms. The first-order chi connectivity index (χ1) is 12.7. The zero-order valence-electron chi connectivity index (χ0n) is 16.8. The molecule has 0 aliphatic carbocycles. The summed E-state index contributed by atoms with van der Waals surface area (Å²) < 4.78 is 5.70. The molecule has 0 aliphatic heterocycles. The molecule has 5 heteroatoms. The third-order valence-electron chi connectivity index (χ3n) is 4.17. The summed E-state index contributed by atoms with van der Waals surface area (Å²) in [6, 6.07) is 8.02. The Balaban J connectivity index is 2.49. The van der Waals surface area contributed by atoms with Crippen LogP contribution in [-0.4, -0.2) is 50.2 Å². The lowest BCUT2D eigenvalue weighted by molar-refractivity contribution is 0.297. The summed E-state index contributed by atoms with van der Waals surface area (Å²) in [5.74, 6) is 1.72. The maximum Gasteiger partial charge on any atom is 0.191 e. The second-order valence-electron chi connectivity index (χ2n) is 6.06. The first-order valence-electron chi connectivity index (χ1n) is 9.81. The lowest BCUT2D eigenvalue weighted by Gasteiger charge is -2.18. The molecular weight excluding hydrogens is 324 g/mol. The highest BCUT2D eigenvalue weighted by atomic mass is 16.5. The van der Waals surface area contributed by atoms with E-state index in [1.165, 1.54) is 6.42 Å². The summed E-state index contributed by atoms with van der Waals surface area (Å²) in [6.07, 6.45) is 4.09. The quantitative estimate of drug-likeness (QED) is 0.245. The number of benzene rings is 1. The number of rotatable bonds is 13. The number of aliphatic imine (C=N–C) groups is 1. The number of hydrogen-bond donors (Lipinski definition) is 2. The molecule has 5 nitrogen and oxygen atoms in total. The van der Waals surface area contributed by atoms with Gasteiger partial charge in [-0.25, -0.2) is 4.99 Å². The molecule has 0 unspecified atom stereocenters. The average molecular weight is 361 g/mol. The fourth-order valence-electron chi connectivity index (χ4n) is 2.64. The standard InChI is InChI=1S/C21H36N4O/c1-5-17-26-20-14-10-9-13-19(20)18-24-21(22-6-2)23-15-11-12-16-25(7-3)8-4/h5,9-10,13-14H,1,6-8,11-12,15-18H2,2-4H3,(H2,22,23,24). The van der Waals surface area contributed by atoms with Gasteiger partial charge >= 0.3 is 0 Å². The molecular formula is C21H36N4O. The SMILES string of the molecule is C=CCOc1ccccc1CN=C(NCC)NCCCCN(CC)CC. The summed E-state index contributed by atoms with van der Waals surface area (Å²) in [6.45, 7) is 16.5. The Kier molecular flexibility index (Phi) is 12.0. The molecule has 0 amide bonds. The van der Waals surface area contributed by atoms with E-state index in [1.807, 2.05) is 18.2 Å². The van der Waals surface area contributed by atoms with Gasteiger partial charge in [-0.1, -0.05) is 44.7 Å². The number of ether oxygens (including phenoxy) is 1. The molecule has 1 aromatic rings. The smallest absolute Gasteiger partial charge is 0.191 e. The van der Waals surface area contributed by atoms with Gasteiger partial charge in [0.2, 0.25) is 0 Å². The van der Waals surface area contributed by atoms with Gasteiger partial charge in [0.25, 0.3) is 0 Å². The largest absolute Gasteiger partial charge is 0.489 e. The van der Waals surface area contributed by atoms with Crippen LogP contribution in [0, 0.1) is 0 Å². The van der Waals surface area contributed by atoms with Crippen molar-refractivity contribution in [1.82, 2.24) is 15.5 Å². The zero-order chi connectivity index (χ0) is 19.0. The molecule has 0 fully saturated rings. The van der Waals surface area contributed by atoms with Gasteiger partial charge in [0.15, 0.2) is 5.96 Å². The minimum Gasteiger partial charge on any atom is -0.489 e. The van der Waals surface area contributed by atoms with Gasteiger partial charge in [0.1, 0.15) is 12.4 Å². The van der Waals surface area contributed by atoms with Gasteiger partial charge in [-0.2, -0.15) is 0 Å². The van der Waals surface area contributed by atoms with Crippen molar-refractivity contribution in [2.45, 2.75) is 40.2 Å². The number of unbranched alkanes of at least 4 members (excludes halogenated alkanes) is 1. The predicted octanol–water partition coefficient (Wildman–Crippen LogP) is 3.43. The van der Waals surface area contributed by atoms with Crippen molar-refractivity contribution >= 4 is 5.96 Å². The van der Waals surface area contributed by atoms with E-state index >= 15 is 0 Å². The highest BCUT2D eigenvalue weighted by molar-refractivity contribution is 5.79. The Morgan fingerprint density at radius 2 is 1.92 bits per heavy atom. The minimum atomic E-state index is 0.506. The highest BCUT2D eigenvalue weighted by Gasteiger charge is 2.03. The molecule has 1 rings (SSSR count). The van der Waals surface area contributed by atoms with Gasteiger partial charge in [0.05, 0.1) is 6.54 Å². The molecule has 146 valence electrons. The lowest BCUT2D eigenvalue weighted by atomic mass is 10.2. The summed E-state index contributed by atoms with van der Waals surface area (Å²) >= 11 is 0. The monoisotopic (exact) mass is 360 g/mol. The van der Waals surface area contributed by atoms with Crippen molar-refractivity contribution in [1.29, 1.82) is 0 Å². The first kappa shape index (κ1) is 22.0. The van der Waals surface area contributed by atoms with Gasteiger partial charge in [0, 0.05) is 18.7 Å². The van der Waals surface area contributed by atoms with E-state index in [0.29, 0.717) is 13.2 Å². The van der Waals surface area contributed by atoms with E-state index in [-0.39, 0.29) is 0 Å². The predicted molar refractivity (Wildman–Crippen MR) is 112 cm³/mol. The van der Waals surface area contributed by atoms with Gasteiger partial charge in [-0.3, -0.25) is 0 Å². The summed E-state index contributed by atoms with van der Waals surface area (Å²) in [5, 5.41) is 6.74. The van der Waals surface area contributed by atoms with Gasteiger partial charge < -0.3 is 20.3 Å². The van der Waals surface area contributed by atoms with Crippen LogP contribution in [0.2, 0.25) is 0 Å². The number of nitrogens with zero attached hydrogens (tertiary/aromatic N) is 2. The Hall–Kier alpha value is -2.01. The van der Waals surface area contributed by atoms with Crippen LogP contribution in [-0.2, 0) is 6.54 Å². The second kappa shape index (κ2) is 14.2. The third kappa shape index (κ3) is 8.90. The topological polar surface area (TPSA) is 48.9 Å². The fourth-order valence-corrected chi connectivity index (χ4v) is 2.64. The van der Waals surface area contributed by atoms with Crippen molar-refractivity contribution in [3.63, 3.8) is 0 Å². The molecule has 1 aromatic carbocycles. The Morgan fingerprint density at radius 1 is 1.15 bits per heavy atom. The van der Waals surface area contributed by atoms with E-state index in [2.05, 4.69) is 49.0 Å². The molecule has 2 N–H and O–H groups in total. The van der Waals surface area contributed by atoms with Crippen LogP contribution in [0.4, 0.5) is 0 Å². The van der Waals surface area contributed by atoms with Crippen molar-refractivity contribution in [3.05, 3.63) is 42.5 Å². The van der Waals surface area contributed by atoms with E-state index < -0.39 is 0 Å². The lowest BCUT2D eigenvalue weighted by Crippen LogP contribution is -2.38. The van der Waals surface area contributed by atoms with E-state index in [9.17, 15) is 0 Å². The fraction of sp³-hybridized carbons (Fsp3) is 0.571. The molecule has 0 saturated carbocycles. The first-order valence-corrected chi connectivity index (χ1v) is 9.81. The van der Waals surface area contributed by atoms with E-state index in [1.54, 1.807) is 6.08 Å². The van der Waals surface area contributed by atoms with Gasteiger partial charge in [-0.05, 0) is 45.5 Å². The van der Waals surface area contributed by atoms with Crippen LogP contribution < -0.4 is 15.4 Å². The van der Waals surface area contributed by atoms with Crippen LogP contribution in [0.1, 0.15) is 39.2 Å². The van der Waals surface area contributed by atoms with E-state index in [0.717, 1.165) is 56.4 Å². The molecule has 0 radical (unpaired) electrons. The van der Waals surface area contributed by atoms with Gasteiger partial charge in [-0.15, -0.1) is 0 Å². The van der Waals surface area contributed by atoms with Crippen molar-refractivity contribution in [3.8, 4) is 5.75 Å². The zero-order valence-corrected chi connectivity index (χ0v) is 16.8. The van der Waals surface area contributed by atoms with E-state index in [4.69, 9.17) is 9.73 Å². The molecule has 0 heterocycles. The molecule has 0 saturated heterocycles. The summed E-state index contributed by atoms with van der Waals surface area (Å²) in [4.78, 5) is 7.15. The molecule has 0 atom stereocenters. The number of guanidine groups is 1. The number of para-hydroxylation sites is 1. The Bertz CT molecular complexity index is 526. The van der Waals surface area contributed by atoms with Crippen molar-refractivity contribution in [2.75, 3.05) is 39.3 Å². The Morgan fingerprint density at radius 3 is 2.62 bits per heavy atom. The number of nitrogens with one attached hydrogen (secondary N) is 2. The molecule has 0 aliphatic rings. The van der Waals surface area contributed by atoms with Crippen LogP contribution >= 0.6 is 0 Å². The number of hydrogen-bond acceptors (Lipinski definition) is 3. The second-order valence-corrected chi connectivity index (χ2v) is 6.06. The minimum absolute atomic E-state index is 0.506. The van der Waals surface area contributed by atoms with Crippen LogP contribution in [0.25, 0.3) is 0 Å². The summed E-state index contributed by atoms with van der Waals surface area (Å²) in [5.41, 5.74) is 1.08. The Labute approximate surface area is 159 Å². The average Bonchev–Trinajstić information content (AvgIpc) is 2.67. The van der Waals surface area contributed by atoms with Crippen LogP contribution in [0.3, 0.4) is 0 Å². The maximum atomic E-state index is 5.70. The highest BCUT2D eigenvalue weighted by Crippen LogP contribution is 2.18. The van der Waals surface area contributed by atoms with Crippen molar-refractivity contribution < 1.29 is 4.74 Å². The van der Waals surface area contributed by atoms with Crippen molar-refractivity contribution in [2.24, 2.45) is 4.99 Å². The molecule has 26 heavy (non-hydrogen) atoms. The molecule has 0 spiro atoms.